The third-order valence-corrected chi connectivity index (χ3v) is 194. The van der Waals surface area contributed by atoms with Crippen LogP contribution in [-0.4, -0.2) is 59.8 Å². The van der Waals surface area contributed by atoms with Gasteiger partial charge in [0.15, 0.2) is 0 Å². The van der Waals surface area contributed by atoms with E-state index in [1.807, 2.05) is 0 Å². The molecule has 1 rings (SSSR count). The number of hydrogen-bond acceptors (Lipinski definition) is 0. The van der Waals surface area contributed by atoms with Gasteiger partial charge < -0.3 is 0 Å². The third-order valence-electron chi connectivity index (χ3n) is 12.0. The van der Waals surface area contributed by atoms with Crippen LogP contribution in [0.1, 0.15) is 83.1 Å². The van der Waals surface area contributed by atoms with E-state index in [0.29, 0.717) is 20.2 Å². The fraction of sp³-hybridized carbons (Fsp3) is 1.00. The molecule has 32 heavy (non-hydrogen) atoms. The Labute approximate surface area is 214 Å². The summed E-state index contributed by atoms with van der Waals surface area (Å²) in [6, 6.07) is 0. The lowest BCUT2D eigenvalue weighted by Gasteiger charge is -2.78. The van der Waals surface area contributed by atoms with Gasteiger partial charge in [0.25, 0.3) is 0 Å². The fourth-order valence-corrected chi connectivity index (χ4v) is 331. The lowest BCUT2D eigenvalue weighted by atomic mass is 10.2. The van der Waals surface area contributed by atoms with Crippen LogP contribution in [-0.2, 0) is 0 Å². The molecule has 1 heterocycles. The molecule has 0 N–H and O–H groups in total. The molecule has 0 aliphatic carbocycles. The quantitative estimate of drug-likeness (QED) is 0.296. The molecule has 0 amide bonds. The average Bonchev–Trinajstić information content (AvgIpc) is 2.40. The zero-order valence-electron chi connectivity index (χ0n) is 26.0. The summed E-state index contributed by atoms with van der Waals surface area (Å²) >= 11 is 0. The molecular formula is C24H60Si8. The Bertz CT molecular complexity index is 584. The van der Waals surface area contributed by atoms with E-state index in [0.717, 1.165) is 0 Å². The molecule has 1 fully saturated rings. The summed E-state index contributed by atoms with van der Waals surface area (Å²) < 4.78 is 0. The van der Waals surface area contributed by atoms with Crippen LogP contribution < -0.4 is 0 Å². The van der Waals surface area contributed by atoms with Gasteiger partial charge >= 0.3 is 0 Å². The highest BCUT2D eigenvalue weighted by Gasteiger charge is 2.81. The van der Waals surface area contributed by atoms with Crippen molar-refractivity contribution in [3.8, 4) is 0 Å². The Morgan fingerprint density at radius 2 is 0.469 bits per heavy atom. The molecule has 1 saturated heterocycles. The zero-order chi connectivity index (χ0) is 26.4. The SMILES string of the molecule is CC(C)(C)[Si](C)(C)[Si]1([Si](C)(C)C(C)(C)C)[Si][Si]([Si](C)(C)C(C)(C)C)([Si](C)(C)C(C)(C)C)[Si]1. The predicted octanol–water partition coefficient (Wildman–Crippen LogP) is 8.64. The molecule has 0 spiro atoms. The van der Waals surface area contributed by atoms with Crippen molar-refractivity contribution in [1.82, 2.24) is 0 Å². The molecule has 1 aliphatic rings. The molecule has 0 aromatic carbocycles. The van der Waals surface area contributed by atoms with E-state index in [4.69, 9.17) is 0 Å². The van der Waals surface area contributed by atoms with Gasteiger partial charge in [-0.2, -0.15) is 0 Å². The van der Waals surface area contributed by atoms with Crippen LogP contribution in [0.5, 0.6) is 0 Å². The maximum absolute atomic E-state index is 2.90. The highest BCUT2D eigenvalue weighted by atomic mass is 30.6. The summed E-state index contributed by atoms with van der Waals surface area (Å²) in [5, 5.41) is 2.15. The average molecular weight is 573 g/mol. The van der Waals surface area contributed by atoms with Gasteiger partial charge in [0.2, 0.25) is 0 Å². The molecule has 0 aromatic heterocycles. The van der Waals surface area contributed by atoms with Crippen molar-refractivity contribution in [3.05, 3.63) is 0 Å². The van der Waals surface area contributed by atoms with Gasteiger partial charge in [0.1, 0.15) is 0 Å². The van der Waals surface area contributed by atoms with Crippen molar-refractivity contribution in [1.29, 1.82) is 0 Å². The van der Waals surface area contributed by atoms with Crippen molar-refractivity contribution in [2.75, 3.05) is 0 Å². The smallest absolute Gasteiger partial charge is 0.0381 e. The molecule has 0 nitrogen and oxygen atoms in total. The molecule has 0 saturated carbocycles. The molecule has 4 radical (unpaired) electrons. The maximum atomic E-state index is 2.90. The zero-order valence-corrected chi connectivity index (χ0v) is 34.0. The first-order chi connectivity index (χ1) is 13.4. The van der Waals surface area contributed by atoms with Crippen molar-refractivity contribution >= 4 is 59.8 Å². The van der Waals surface area contributed by atoms with Gasteiger partial charge in [-0.15, -0.1) is 0 Å². The van der Waals surface area contributed by atoms with E-state index >= 15 is 0 Å². The standard InChI is InChI=1S/C24H60Si8/c1-21(2,3)27(13,14)31(28(15,16)22(4,5)6)25-32(26-31,29(17,18)23(7,8)9)30(19,20)24(10,11)12/h1-20H3. The molecule has 0 aromatic rings. The molecule has 0 bridgehead atoms. The summed E-state index contributed by atoms with van der Waals surface area (Å²) in [5.41, 5.74) is 0. The van der Waals surface area contributed by atoms with Crippen molar-refractivity contribution in [3.63, 3.8) is 0 Å². The largest absolute Gasteiger partial charge is 0.0715 e. The maximum Gasteiger partial charge on any atom is 0.0381 e. The fourth-order valence-electron chi connectivity index (χ4n) is 5.62. The Hall–Kier alpha value is 1.74. The second-order valence-corrected chi connectivity index (χ2v) is 96.8. The molecule has 0 atom stereocenters. The Morgan fingerprint density at radius 1 is 0.344 bits per heavy atom. The monoisotopic (exact) mass is 572 g/mol. The molecule has 188 valence electrons. The molecular weight excluding hydrogens is 513 g/mol. The van der Waals surface area contributed by atoms with Gasteiger partial charge in [-0.05, 0) is 20.2 Å². The van der Waals surface area contributed by atoms with Crippen molar-refractivity contribution in [2.45, 2.75) is 156 Å². The first-order valence-corrected chi connectivity index (χ1v) is 39.0. The van der Waals surface area contributed by atoms with E-state index in [1.54, 1.807) is 0 Å². The molecule has 1 aliphatic heterocycles. The number of hydrogen-bond donors (Lipinski definition) is 0. The number of rotatable bonds is 4. The van der Waals surface area contributed by atoms with Crippen LogP contribution in [0.3, 0.4) is 0 Å². The van der Waals surface area contributed by atoms with Crippen molar-refractivity contribution < 1.29 is 0 Å². The van der Waals surface area contributed by atoms with E-state index in [2.05, 4.69) is 135 Å². The van der Waals surface area contributed by atoms with Crippen LogP contribution in [0.4, 0.5) is 0 Å². The minimum atomic E-state index is -1.38. The lowest BCUT2D eigenvalue weighted by Crippen LogP contribution is -3.07. The second kappa shape index (κ2) is 8.12. The Morgan fingerprint density at radius 3 is 0.562 bits per heavy atom. The first-order valence-electron chi connectivity index (χ1n) is 13.0. The summed E-state index contributed by atoms with van der Waals surface area (Å²) in [4.78, 5) is 0. The molecule has 0 unspecified atom stereocenters. The molecule has 8 heteroatoms. The van der Waals surface area contributed by atoms with Crippen LogP contribution >= 0.6 is 0 Å². The Kier molecular flexibility index (Phi) is 8.06. The summed E-state index contributed by atoms with van der Waals surface area (Å²) in [6.07, 6.45) is -2.63. The Balaban J connectivity index is 4.05. The summed E-state index contributed by atoms with van der Waals surface area (Å²) in [6.45, 7) is 55.0. The topological polar surface area (TPSA) is 0 Å². The minimum Gasteiger partial charge on any atom is -0.0715 e. The summed E-state index contributed by atoms with van der Waals surface area (Å²) in [7, 11) is -2.55. The van der Waals surface area contributed by atoms with Gasteiger partial charge in [-0.25, -0.2) is 0 Å². The lowest BCUT2D eigenvalue weighted by molar-refractivity contribution is 0.726. The van der Waals surface area contributed by atoms with E-state index in [1.165, 1.54) is 17.1 Å². The van der Waals surface area contributed by atoms with Gasteiger partial charge in [-0.3, -0.25) is 0 Å². The van der Waals surface area contributed by atoms with Gasteiger partial charge in [0, 0.05) is 59.8 Å². The van der Waals surface area contributed by atoms with Crippen LogP contribution in [0.2, 0.25) is 72.5 Å². The highest BCUT2D eigenvalue weighted by molar-refractivity contribution is 8.32. The summed E-state index contributed by atoms with van der Waals surface area (Å²) in [5.74, 6) is 0. The highest BCUT2D eigenvalue weighted by Crippen LogP contribution is 2.60. The minimum absolute atomic E-state index is 0.538. The van der Waals surface area contributed by atoms with E-state index in [-0.39, 0.29) is 0 Å². The van der Waals surface area contributed by atoms with E-state index < -0.39 is 42.7 Å². The third kappa shape index (κ3) is 4.08. The normalized spacial score (nSPS) is 21.4. The second-order valence-electron chi connectivity index (χ2n) is 17.2. The van der Waals surface area contributed by atoms with Crippen LogP contribution in [0, 0.1) is 0 Å². The van der Waals surface area contributed by atoms with E-state index in [9.17, 15) is 0 Å². The predicted molar refractivity (Wildman–Crippen MR) is 172 cm³/mol. The van der Waals surface area contributed by atoms with Crippen LogP contribution in [0.25, 0.3) is 0 Å². The van der Waals surface area contributed by atoms with Crippen molar-refractivity contribution in [2.24, 2.45) is 0 Å². The first kappa shape index (κ1) is 31.8. The van der Waals surface area contributed by atoms with Gasteiger partial charge in [0.05, 0.1) is 0 Å². The van der Waals surface area contributed by atoms with Gasteiger partial charge in [-0.1, -0.05) is 135 Å². The van der Waals surface area contributed by atoms with Crippen LogP contribution in [0.15, 0.2) is 0 Å².